The standard InChI is InChI=1S/C11H13NO7/c13-4-6-8(15)9(16)10(19-6)12-3-5(11(17)18)1-2-7(12)14/h1-3,6,8-10,13,15-16H,4H2,(H,17,18)/t6-,8-,9-,10-/m1/s1. The number of rotatable bonds is 3. The molecule has 1 saturated heterocycles. The van der Waals surface area contributed by atoms with Crippen LogP contribution in [0.3, 0.4) is 0 Å². The Kier molecular flexibility index (Phi) is 3.67. The van der Waals surface area contributed by atoms with Crippen LogP contribution in [0.5, 0.6) is 0 Å². The molecule has 0 saturated carbocycles. The second-order valence-electron chi connectivity index (χ2n) is 4.20. The molecule has 1 aromatic rings. The first-order valence-corrected chi connectivity index (χ1v) is 5.53. The Hall–Kier alpha value is -1.74. The molecule has 8 nitrogen and oxygen atoms in total. The van der Waals surface area contributed by atoms with Crippen LogP contribution in [0.15, 0.2) is 23.1 Å². The van der Waals surface area contributed by atoms with E-state index in [-0.39, 0.29) is 5.56 Å². The average molecular weight is 271 g/mol. The maximum absolute atomic E-state index is 11.7. The molecule has 0 aromatic carbocycles. The zero-order chi connectivity index (χ0) is 14.2. The van der Waals surface area contributed by atoms with Gasteiger partial charge in [0.1, 0.15) is 18.3 Å². The van der Waals surface area contributed by atoms with E-state index in [0.29, 0.717) is 0 Å². The number of ether oxygens (including phenoxy) is 1. The van der Waals surface area contributed by atoms with Gasteiger partial charge >= 0.3 is 5.97 Å². The largest absolute Gasteiger partial charge is 0.478 e. The first-order chi connectivity index (χ1) is 8.95. The van der Waals surface area contributed by atoms with Gasteiger partial charge in [0.2, 0.25) is 0 Å². The number of nitrogens with zero attached hydrogens (tertiary/aromatic N) is 1. The summed E-state index contributed by atoms with van der Waals surface area (Å²) < 4.78 is 6.04. The average Bonchev–Trinajstić information content (AvgIpc) is 2.66. The number of carbonyl (C=O) groups is 1. The molecule has 1 fully saturated rings. The minimum atomic E-state index is -1.43. The maximum atomic E-state index is 11.7. The highest BCUT2D eigenvalue weighted by atomic mass is 16.6. The molecule has 104 valence electrons. The van der Waals surface area contributed by atoms with Crippen molar-refractivity contribution in [3.8, 4) is 0 Å². The number of pyridine rings is 1. The Balaban J connectivity index is 2.39. The van der Waals surface area contributed by atoms with Gasteiger partial charge in [-0.1, -0.05) is 0 Å². The molecule has 0 radical (unpaired) electrons. The molecule has 4 atom stereocenters. The summed E-state index contributed by atoms with van der Waals surface area (Å²) in [4.78, 5) is 22.5. The fourth-order valence-corrected chi connectivity index (χ4v) is 1.94. The predicted molar refractivity (Wildman–Crippen MR) is 60.7 cm³/mol. The molecule has 2 heterocycles. The lowest BCUT2D eigenvalue weighted by molar-refractivity contribution is -0.0544. The van der Waals surface area contributed by atoms with Crippen molar-refractivity contribution in [2.24, 2.45) is 0 Å². The summed E-state index contributed by atoms with van der Waals surface area (Å²) in [5.74, 6) is -1.24. The van der Waals surface area contributed by atoms with E-state index in [1.165, 1.54) is 0 Å². The summed E-state index contributed by atoms with van der Waals surface area (Å²) in [6.45, 7) is -0.526. The van der Waals surface area contributed by atoms with Crippen LogP contribution < -0.4 is 5.56 Å². The zero-order valence-electron chi connectivity index (χ0n) is 9.71. The third-order valence-electron chi connectivity index (χ3n) is 2.98. The van der Waals surface area contributed by atoms with Crippen molar-refractivity contribution < 1.29 is 30.0 Å². The number of hydrogen-bond donors (Lipinski definition) is 4. The van der Waals surface area contributed by atoms with Crippen LogP contribution in [0.25, 0.3) is 0 Å². The smallest absolute Gasteiger partial charge is 0.337 e. The quantitative estimate of drug-likeness (QED) is 0.508. The molecule has 2 rings (SSSR count). The van der Waals surface area contributed by atoms with Crippen molar-refractivity contribution in [2.45, 2.75) is 24.5 Å². The van der Waals surface area contributed by atoms with Crippen molar-refractivity contribution in [3.05, 3.63) is 34.2 Å². The summed E-state index contributed by atoms with van der Waals surface area (Å²) in [5.41, 5.74) is -0.739. The van der Waals surface area contributed by atoms with E-state index in [1.807, 2.05) is 0 Å². The number of hydrogen-bond acceptors (Lipinski definition) is 6. The summed E-state index contributed by atoms with van der Waals surface area (Å²) >= 11 is 0. The van der Waals surface area contributed by atoms with Gasteiger partial charge in [-0.15, -0.1) is 0 Å². The van der Waals surface area contributed by atoms with Gasteiger partial charge in [0.15, 0.2) is 6.23 Å². The van der Waals surface area contributed by atoms with E-state index < -0.39 is 42.7 Å². The molecular weight excluding hydrogens is 258 g/mol. The third kappa shape index (κ3) is 2.38. The van der Waals surface area contributed by atoms with Gasteiger partial charge in [-0.3, -0.25) is 9.36 Å². The number of aliphatic hydroxyl groups excluding tert-OH is 3. The highest BCUT2D eigenvalue weighted by molar-refractivity contribution is 5.87. The predicted octanol–water partition coefficient (Wildman–Crippen LogP) is -1.84. The molecule has 1 aliphatic heterocycles. The van der Waals surface area contributed by atoms with Crippen LogP contribution in [0, 0.1) is 0 Å². The van der Waals surface area contributed by atoms with Gasteiger partial charge in [-0.05, 0) is 6.07 Å². The monoisotopic (exact) mass is 271 g/mol. The SMILES string of the molecule is O=C(O)c1ccc(=O)n([C@@H]2O[C@H](CO)[C@@H](O)[C@H]2O)c1. The van der Waals surface area contributed by atoms with Crippen molar-refractivity contribution in [3.63, 3.8) is 0 Å². The summed E-state index contributed by atoms with van der Waals surface area (Å²) in [5, 5.41) is 37.2. The summed E-state index contributed by atoms with van der Waals surface area (Å²) in [6, 6.07) is 2.15. The van der Waals surface area contributed by atoms with Crippen LogP contribution in [-0.2, 0) is 4.74 Å². The Morgan fingerprint density at radius 3 is 2.53 bits per heavy atom. The molecule has 4 N–H and O–H groups in total. The van der Waals surface area contributed by atoms with Gasteiger partial charge in [-0.25, -0.2) is 4.79 Å². The van der Waals surface area contributed by atoms with Gasteiger partial charge in [-0.2, -0.15) is 0 Å². The molecule has 0 aliphatic carbocycles. The minimum absolute atomic E-state index is 0.155. The lowest BCUT2D eigenvalue weighted by Crippen LogP contribution is -2.35. The number of aliphatic hydroxyl groups is 3. The third-order valence-corrected chi connectivity index (χ3v) is 2.98. The van der Waals surface area contributed by atoms with E-state index in [2.05, 4.69) is 0 Å². The van der Waals surface area contributed by atoms with Gasteiger partial charge in [0.25, 0.3) is 5.56 Å². The van der Waals surface area contributed by atoms with Crippen LogP contribution in [0.4, 0.5) is 0 Å². The highest BCUT2D eigenvalue weighted by Gasteiger charge is 2.43. The van der Waals surface area contributed by atoms with E-state index >= 15 is 0 Å². The van der Waals surface area contributed by atoms with Crippen molar-refractivity contribution in [1.29, 1.82) is 0 Å². The van der Waals surface area contributed by atoms with Crippen molar-refractivity contribution in [1.82, 2.24) is 4.57 Å². The first-order valence-electron chi connectivity index (χ1n) is 5.53. The molecular formula is C11H13NO7. The lowest BCUT2D eigenvalue weighted by atomic mass is 10.1. The highest BCUT2D eigenvalue weighted by Crippen LogP contribution is 2.28. The molecule has 0 spiro atoms. The number of carboxylic acids is 1. The number of aromatic nitrogens is 1. The summed E-state index contributed by atoms with van der Waals surface area (Å²) in [7, 11) is 0. The lowest BCUT2D eigenvalue weighted by Gasteiger charge is -2.17. The van der Waals surface area contributed by atoms with Crippen molar-refractivity contribution >= 4 is 5.97 Å². The van der Waals surface area contributed by atoms with E-state index in [0.717, 1.165) is 22.9 Å². The Labute approximate surface area is 107 Å². The first kappa shape index (κ1) is 13.7. The Bertz CT molecular complexity index is 540. The van der Waals surface area contributed by atoms with Gasteiger partial charge in [0, 0.05) is 12.3 Å². The number of aromatic carboxylic acids is 1. The molecule has 1 aliphatic rings. The fourth-order valence-electron chi connectivity index (χ4n) is 1.94. The molecule has 1 aromatic heterocycles. The van der Waals surface area contributed by atoms with E-state index in [1.54, 1.807) is 0 Å². The van der Waals surface area contributed by atoms with E-state index in [4.69, 9.17) is 14.9 Å². The Morgan fingerprint density at radius 2 is 2.00 bits per heavy atom. The van der Waals surface area contributed by atoms with Crippen LogP contribution >= 0.6 is 0 Å². The summed E-state index contributed by atoms with van der Waals surface area (Å²) in [6.07, 6.45) is -4.03. The second-order valence-corrected chi connectivity index (χ2v) is 4.20. The van der Waals surface area contributed by atoms with Gasteiger partial charge in [0.05, 0.1) is 12.2 Å². The number of carboxylic acid groups (broad SMARTS) is 1. The molecule has 0 unspecified atom stereocenters. The second kappa shape index (κ2) is 5.10. The topological polar surface area (TPSA) is 129 Å². The van der Waals surface area contributed by atoms with Gasteiger partial charge < -0.3 is 25.2 Å². The Morgan fingerprint density at radius 1 is 1.32 bits per heavy atom. The van der Waals surface area contributed by atoms with Crippen LogP contribution in [0.2, 0.25) is 0 Å². The minimum Gasteiger partial charge on any atom is -0.478 e. The maximum Gasteiger partial charge on any atom is 0.337 e. The molecule has 0 bridgehead atoms. The molecule has 8 heteroatoms. The van der Waals surface area contributed by atoms with Crippen LogP contribution in [-0.4, -0.2) is 55.9 Å². The van der Waals surface area contributed by atoms with Crippen molar-refractivity contribution in [2.75, 3.05) is 6.61 Å². The zero-order valence-corrected chi connectivity index (χ0v) is 9.71. The normalized spacial score (nSPS) is 30.5. The molecule has 19 heavy (non-hydrogen) atoms. The van der Waals surface area contributed by atoms with Crippen LogP contribution in [0.1, 0.15) is 16.6 Å². The van der Waals surface area contributed by atoms with E-state index in [9.17, 15) is 19.8 Å². The molecule has 0 amide bonds. The fraction of sp³-hybridized carbons (Fsp3) is 0.455.